The molecule has 46 valence electrons. The van der Waals surface area contributed by atoms with E-state index in [1.54, 1.807) is 0 Å². The highest BCUT2D eigenvalue weighted by atomic mass is 35.5. The molecule has 0 heterocycles. The molecular weight excluding hydrogens is 120 g/mol. The maximum Gasteiger partial charge on any atom is 0.0331 e. The third-order valence-electron chi connectivity index (χ3n) is 0.662. The van der Waals surface area contributed by atoms with Crippen LogP contribution in [0.1, 0.15) is 13.8 Å². The van der Waals surface area contributed by atoms with Gasteiger partial charge in [-0.2, -0.15) is 0 Å². The molecule has 0 aromatic rings. The van der Waals surface area contributed by atoms with Gasteiger partial charge in [0.05, 0.1) is 0 Å². The lowest BCUT2D eigenvalue weighted by atomic mass is 10.2. The topological polar surface area (TPSA) is 0 Å². The number of hydrogen-bond acceptors (Lipinski definition) is 0. The summed E-state index contributed by atoms with van der Waals surface area (Å²) >= 11 is 5.44. The van der Waals surface area contributed by atoms with Gasteiger partial charge < -0.3 is 0 Å². The zero-order chi connectivity index (χ0) is 6.57. The minimum absolute atomic E-state index is 0.561. The van der Waals surface area contributed by atoms with E-state index in [-0.39, 0.29) is 0 Å². The quantitative estimate of drug-likeness (QED) is 0.505. The summed E-state index contributed by atoms with van der Waals surface area (Å²) in [5, 5.41) is 0.596. The van der Waals surface area contributed by atoms with Crippen molar-refractivity contribution in [1.29, 1.82) is 0 Å². The number of rotatable bonds is 2. The lowest BCUT2D eigenvalue weighted by Crippen LogP contribution is -1.75. The molecule has 0 nitrogen and oxygen atoms in total. The van der Waals surface area contributed by atoms with Gasteiger partial charge in [-0.25, -0.2) is 0 Å². The molecule has 0 aliphatic carbocycles. The molecule has 0 unspecified atom stereocenters. The van der Waals surface area contributed by atoms with Crippen LogP contribution in [0.25, 0.3) is 0 Å². The molecule has 0 saturated carbocycles. The van der Waals surface area contributed by atoms with E-state index in [1.165, 1.54) is 0 Å². The normalized spacial score (nSPS) is 11.0. The van der Waals surface area contributed by atoms with Crippen molar-refractivity contribution >= 4 is 11.6 Å². The van der Waals surface area contributed by atoms with E-state index < -0.39 is 0 Å². The Hall–Kier alpha value is -0.230. The molecule has 0 spiro atoms. The van der Waals surface area contributed by atoms with Crippen molar-refractivity contribution in [3.63, 3.8) is 0 Å². The third-order valence-corrected chi connectivity index (χ3v) is 0.788. The largest absolute Gasteiger partial charge is 0.0850 e. The predicted octanol–water partition coefficient (Wildman–Crippen LogP) is 2.95. The van der Waals surface area contributed by atoms with Gasteiger partial charge in [0.25, 0.3) is 0 Å². The molecule has 0 radical (unpaired) electrons. The maximum atomic E-state index is 5.44. The maximum absolute atomic E-state index is 5.44. The summed E-state index contributed by atoms with van der Waals surface area (Å²) in [4.78, 5) is 0. The first kappa shape index (κ1) is 7.77. The molecular formula is C7H11Cl. The molecule has 0 aliphatic heterocycles. The highest BCUT2D eigenvalue weighted by Gasteiger charge is 1.81. The monoisotopic (exact) mass is 130 g/mol. The molecule has 0 fully saturated rings. The van der Waals surface area contributed by atoms with Crippen molar-refractivity contribution in [2.24, 2.45) is 5.92 Å². The molecule has 0 bridgehead atoms. The van der Waals surface area contributed by atoms with Crippen LogP contribution in [0, 0.1) is 5.92 Å². The SMILES string of the molecule is C=C(Cl)/C=C/C(C)C. The van der Waals surface area contributed by atoms with Gasteiger partial charge in [0.1, 0.15) is 0 Å². The van der Waals surface area contributed by atoms with Crippen molar-refractivity contribution in [3.8, 4) is 0 Å². The van der Waals surface area contributed by atoms with E-state index in [9.17, 15) is 0 Å². The Labute approximate surface area is 55.9 Å². The second kappa shape index (κ2) is 3.73. The average Bonchev–Trinajstić information content (AvgIpc) is 1.61. The lowest BCUT2D eigenvalue weighted by molar-refractivity contribution is 0.831. The van der Waals surface area contributed by atoms with Crippen LogP contribution in [0.3, 0.4) is 0 Å². The number of allylic oxidation sites excluding steroid dienone is 3. The highest BCUT2D eigenvalue weighted by molar-refractivity contribution is 6.30. The van der Waals surface area contributed by atoms with Crippen LogP contribution in [0.15, 0.2) is 23.8 Å². The molecule has 0 atom stereocenters. The van der Waals surface area contributed by atoms with Crippen molar-refractivity contribution < 1.29 is 0 Å². The van der Waals surface area contributed by atoms with E-state index in [2.05, 4.69) is 20.4 Å². The Kier molecular flexibility index (Phi) is 3.63. The summed E-state index contributed by atoms with van der Waals surface area (Å²) in [7, 11) is 0. The Morgan fingerprint density at radius 2 is 2.12 bits per heavy atom. The smallest absolute Gasteiger partial charge is 0.0331 e. The van der Waals surface area contributed by atoms with Gasteiger partial charge in [-0.3, -0.25) is 0 Å². The molecule has 0 amide bonds. The zero-order valence-electron chi connectivity index (χ0n) is 5.32. The zero-order valence-corrected chi connectivity index (χ0v) is 6.07. The van der Waals surface area contributed by atoms with Gasteiger partial charge in [-0.05, 0) is 12.0 Å². The second-order valence-electron chi connectivity index (χ2n) is 2.05. The standard InChI is InChI=1S/C7H11Cl/c1-6(2)4-5-7(3)8/h4-6H,3H2,1-2H3/b5-4+. The van der Waals surface area contributed by atoms with Crippen LogP contribution in [-0.4, -0.2) is 0 Å². The van der Waals surface area contributed by atoms with E-state index in [1.807, 2.05) is 12.2 Å². The first-order valence-corrected chi connectivity index (χ1v) is 3.03. The molecule has 0 aromatic heterocycles. The number of halogens is 1. The van der Waals surface area contributed by atoms with Crippen molar-refractivity contribution in [2.75, 3.05) is 0 Å². The predicted molar refractivity (Wildman–Crippen MR) is 39.0 cm³/mol. The molecule has 0 saturated heterocycles. The number of hydrogen-bond donors (Lipinski definition) is 0. The second-order valence-corrected chi connectivity index (χ2v) is 2.54. The van der Waals surface area contributed by atoms with Crippen LogP contribution >= 0.6 is 11.6 Å². The molecule has 8 heavy (non-hydrogen) atoms. The van der Waals surface area contributed by atoms with Crippen LogP contribution in [-0.2, 0) is 0 Å². The lowest BCUT2D eigenvalue weighted by Gasteiger charge is -1.90. The first-order valence-electron chi connectivity index (χ1n) is 2.65. The summed E-state index contributed by atoms with van der Waals surface area (Å²) in [5.41, 5.74) is 0. The summed E-state index contributed by atoms with van der Waals surface area (Å²) in [6.07, 6.45) is 3.82. The van der Waals surface area contributed by atoms with Gasteiger partial charge in [-0.1, -0.05) is 38.1 Å². The van der Waals surface area contributed by atoms with Crippen molar-refractivity contribution in [3.05, 3.63) is 23.8 Å². The van der Waals surface area contributed by atoms with Crippen LogP contribution < -0.4 is 0 Å². The fourth-order valence-corrected chi connectivity index (χ4v) is 0.370. The van der Waals surface area contributed by atoms with E-state index in [0.717, 1.165) is 0 Å². The molecule has 0 aromatic carbocycles. The Bertz CT molecular complexity index is 101. The summed E-state index contributed by atoms with van der Waals surface area (Å²) in [6.45, 7) is 7.69. The van der Waals surface area contributed by atoms with Crippen LogP contribution in [0.4, 0.5) is 0 Å². The first-order chi connectivity index (χ1) is 3.63. The van der Waals surface area contributed by atoms with E-state index in [0.29, 0.717) is 11.0 Å². The molecule has 0 aliphatic rings. The van der Waals surface area contributed by atoms with Crippen LogP contribution in [0.2, 0.25) is 0 Å². The van der Waals surface area contributed by atoms with Gasteiger partial charge in [0, 0.05) is 5.03 Å². The van der Waals surface area contributed by atoms with Gasteiger partial charge >= 0.3 is 0 Å². The minimum Gasteiger partial charge on any atom is -0.0850 e. The van der Waals surface area contributed by atoms with Gasteiger partial charge in [-0.15, -0.1) is 0 Å². The Morgan fingerprint density at radius 1 is 1.62 bits per heavy atom. The fraction of sp³-hybridized carbons (Fsp3) is 0.429. The van der Waals surface area contributed by atoms with E-state index in [4.69, 9.17) is 11.6 Å². The molecule has 0 N–H and O–H groups in total. The van der Waals surface area contributed by atoms with Crippen LogP contribution in [0.5, 0.6) is 0 Å². The third kappa shape index (κ3) is 5.77. The van der Waals surface area contributed by atoms with Crippen molar-refractivity contribution in [1.82, 2.24) is 0 Å². The minimum atomic E-state index is 0.561. The summed E-state index contributed by atoms with van der Waals surface area (Å²) in [6, 6.07) is 0. The van der Waals surface area contributed by atoms with Gasteiger partial charge in [0.2, 0.25) is 0 Å². The van der Waals surface area contributed by atoms with Gasteiger partial charge in [0.15, 0.2) is 0 Å². The molecule has 1 heteroatoms. The summed E-state index contributed by atoms with van der Waals surface area (Å²) < 4.78 is 0. The Morgan fingerprint density at radius 3 is 2.25 bits per heavy atom. The fourth-order valence-electron chi connectivity index (χ4n) is 0.297. The van der Waals surface area contributed by atoms with Crippen molar-refractivity contribution in [2.45, 2.75) is 13.8 Å². The molecule has 0 rings (SSSR count). The Balaban J connectivity index is 3.50. The summed E-state index contributed by atoms with van der Waals surface area (Å²) in [5.74, 6) is 0.561. The highest BCUT2D eigenvalue weighted by Crippen LogP contribution is 2.01. The average molecular weight is 131 g/mol. The van der Waals surface area contributed by atoms with E-state index >= 15 is 0 Å².